The van der Waals surface area contributed by atoms with Crippen LogP contribution in [0.3, 0.4) is 0 Å². The van der Waals surface area contributed by atoms with Crippen LogP contribution in [0, 0.1) is 0 Å². The predicted octanol–water partition coefficient (Wildman–Crippen LogP) is 0.368. The molecule has 0 spiro atoms. The molecule has 0 bridgehead atoms. The van der Waals surface area contributed by atoms with Gasteiger partial charge in [-0.2, -0.15) is 0 Å². The monoisotopic (exact) mass is 195 g/mol. The minimum Gasteiger partial charge on any atom is -0.396 e. The van der Waals surface area contributed by atoms with E-state index in [1.807, 2.05) is 6.07 Å². The van der Waals surface area contributed by atoms with Crippen LogP contribution in [0.15, 0.2) is 30.3 Å². The van der Waals surface area contributed by atoms with Crippen molar-refractivity contribution in [1.82, 2.24) is 0 Å². The predicted molar refractivity (Wildman–Crippen MR) is 52.8 cm³/mol. The standard InChI is InChI=1S/C10H13NO3/c12-7-6-9(13)10(14)11-8-4-2-1-3-5-8/h1-5,9,12-13H,6-7H2,(H,11,14). The molecule has 0 aromatic heterocycles. The molecule has 4 heteroatoms. The molecule has 0 fully saturated rings. The van der Waals surface area contributed by atoms with Gasteiger partial charge in [0.05, 0.1) is 0 Å². The van der Waals surface area contributed by atoms with Gasteiger partial charge in [-0.3, -0.25) is 4.79 Å². The van der Waals surface area contributed by atoms with E-state index in [2.05, 4.69) is 5.32 Å². The molecule has 0 radical (unpaired) electrons. The summed E-state index contributed by atoms with van der Waals surface area (Å²) < 4.78 is 0. The highest BCUT2D eigenvalue weighted by atomic mass is 16.3. The third-order valence-electron chi connectivity index (χ3n) is 1.75. The van der Waals surface area contributed by atoms with Crippen molar-refractivity contribution in [2.45, 2.75) is 12.5 Å². The Morgan fingerprint density at radius 2 is 2.00 bits per heavy atom. The largest absolute Gasteiger partial charge is 0.396 e. The van der Waals surface area contributed by atoms with E-state index in [9.17, 15) is 9.90 Å². The molecule has 0 aliphatic heterocycles. The van der Waals surface area contributed by atoms with Crippen molar-refractivity contribution in [1.29, 1.82) is 0 Å². The molecule has 4 nitrogen and oxygen atoms in total. The molecular formula is C10H13NO3. The lowest BCUT2D eigenvalue weighted by Crippen LogP contribution is -2.28. The number of anilines is 1. The molecule has 0 saturated heterocycles. The van der Waals surface area contributed by atoms with Crippen LogP contribution in [0.1, 0.15) is 6.42 Å². The minimum atomic E-state index is -1.15. The van der Waals surface area contributed by atoms with Crippen molar-refractivity contribution in [3.8, 4) is 0 Å². The van der Waals surface area contributed by atoms with E-state index in [4.69, 9.17) is 5.11 Å². The first-order valence-electron chi connectivity index (χ1n) is 4.39. The maximum absolute atomic E-state index is 11.2. The fourth-order valence-corrected chi connectivity index (χ4v) is 1.00. The van der Waals surface area contributed by atoms with Crippen molar-refractivity contribution in [3.05, 3.63) is 30.3 Å². The van der Waals surface area contributed by atoms with Crippen molar-refractivity contribution < 1.29 is 15.0 Å². The van der Waals surface area contributed by atoms with Crippen LogP contribution in [0.5, 0.6) is 0 Å². The summed E-state index contributed by atoms with van der Waals surface area (Å²) in [6.07, 6.45) is -1.10. The lowest BCUT2D eigenvalue weighted by molar-refractivity contribution is -0.124. The zero-order valence-electron chi connectivity index (χ0n) is 7.68. The number of aliphatic hydroxyl groups is 2. The van der Waals surface area contributed by atoms with Crippen molar-refractivity contribution in [2.75, 3.05) is 11.9 Å². The average Bonchev–Trinajstić information content (AvgIpc) is 2.19. The highest BCUT2D eigenvalue weighted by Crippen LogP contribution is 2.06. The SMILES string of the molecule is O=C(Nc1ccccc1)C(O)CCO. The Labute approximate surface area is 82.2 Å². The number of aliphatic hydroxyl groups excluding tert-OH is 2. The second-order valence-corrected chi connectivity index (χ2v) is 2.88. The van der Waals surface area contributed by atoms with Gasteiger partial charge in [0.2, 0.25) is 0 Å². The van der Waals surface area contributed by atoms with E-state index in [0.29, 0.717) is 5.69 Å². The van der Waals surface area contributed by atoms with Crippen LogP contribution in [0.2, 0.25) is 0 Å². The molecule has 1 amide bonds. The zero-order chi connectivity index (χ0) is 10.4. The van der Waals surface area contributed by atoms with Gasteiger partial charge in [-0.25, -0.2) is 0 Å². The highest BCUT2D eigenvalue weighted by Gasteiger charge is 2.13. The lowest BCUT2D eigenvalue weighted by Gasteiger charge is -2.09. The summed E-state index contributed by atoms with van der Waals surface area (Å²) in [6.45, 7) is -0.205. The van der Waals surface area contributed by atoms with Gasteiger partial charge in [-0.15, -0.1) is 0 Å². The first kappa shape index (κ1) is 10.7. The maximum Gasteiger partial charge on any atom is 0.253 e. The molecule has 0 aliphatic rings. The van der Waals surface area contributed by atoms with E-state index < -0.39 is 12.0 Å². The van der Waals surface area contributed by atoms with Crippen LogP contribution >= 0.6 is 0 Å². The summed E-state index contributed by atoms with van der Waals surface area (Å²) in [5.74, 6) is -0.495. The first-order valence-corrected chi connectivity index (χ1v) is 4.39. The second kappa shape index (κ2) is 5.36. The van der Waals surface area contributed by atoms with Crippen molar-refractivity contribution in [3.63, 3.8) is 0 Å². The summed E-state index contributed by atoms with van der Waals surface area (Å²) in [7, 11) is 0. The number of nitrogens with one attached hydrogen (secondary N) is 1. The third kappa shape index (κ3) is 3.16. The number of hydrogen-bond donors (Lipinski definition) is 3. The summed E-state index contributed by atoms with van der Waals surface area (Å²) in [5, 5.41) is 20.2. The topological polar surface area (TPSA) is 69.6 Å². The quantitative estimate of drug-likeness (QED) is 0.650. The molecule has 3 N–H and O–H groups in total. The minimum absolute atomic E-state index is 0.0542. The van der Waals surface area contributed by atoms with Crippen LogP contribution in [0.4, 0.5) is 5.69 Å². The Kier molecular flexibility index (Phi) is 4.10. The van der Waals surface area contributed by atoms with E-state index in [-0.39, 0.29) is 13.0 Å². The van der Waals surface area contributed by atoms with Crippen LogP contribution in [-0.2, 0) is 4.79 Å². The molecule has 0 heterocycles. The summed E-state index contributed by atoms with van der Waals surface area (Å²) in [4.78, 5) is 11.2. The normalized spacial score (nSPS) is 12.1. The molecule has 1 aromatic carbocycles. The molecule has 14 heavy (non-hydrogen) atoms. The van der Waals surface area contributed by atoms with Gasteiger partial charge >= 0.3 is 0 Å². The fraction of sp³-hybridized carbons (Fsp3) is 0.300. The summed E-state index contributed by atoms with van der Waals surface area (Å²) in [6, 6.07) is 8.86. The number of benzene rings is 1. The zero-order valence-corrected chi connectivity index (χ0v) is 7.68. The van der Waals surface area contributed by atoms with Crippen LogP contribution < -0.4 is 5.32 Å². The fourth-order valence-electron chi connectivity index (χ4n) is 1.00. The van der Waals surface area contributed by atoms with Gasteiger partial charge in [0, 0.05) is 18.7 Å². The molecular weight excluding hydrogens is 182 g/mol. The molecule has 0 saturated carbocycles. The van der Waals surface area contributed by atoms with E-state index in [0.717, 1.165) is 0 Å². The van der Waals surface area contributed by atoms with E-state index >= 15 is 0 Å². The number of para-hydroxylation sites is 1. The van der Waals surface area contributed by atoms with Crippen LogP contribution in [0.25, 0.3) is 0 Å². The highest BCUT2D eigenvalue weighted by molar-refractivity contribution is 5.93. The molecule has 0 aliphatic carbocycles. The number of hydrogen-bond acceptors (Lipinski definition) is 3. The van der Waals surface area contributed by atoms with E-state index in [1.54, 1.807) is 24.3 Å². The summed E-state index contributed by atoms with van der Waals surface area (Å²) in [5.41, 5.74) is 0.634. The Morgan fingerprint density at radius 1 is 1.36 bits per heavy atom. The molecule has 1 atom stereocenters. The third-order valence-corrected chi connectivity index (χ3v) is 1.75. The Bertz CT molecular complexity index is 287. The van der Waals surface area contributed by atoms with Gasteiger partial charge in [0.15, 0.2) is 0 Å². The Hall–Kier alpha value is -1.39. The molecule has 1 rings (SSSR count). The van der Waals surface area contributed by atoms with E-state index in [1.165, 1.54) is 0 Å². The van der Waals surface area contributed by atoms with Crippen molar-refractivity contribution >= 4 is 11.6 Å². The molecule has 1 unspecified atom stereocenters. The first-order chi connectivity index (χ1) is 6.74. The average molecular weight is 195 g/mol. The number of carbonyl (C=O) groups excluding carboxylic acids is 1. The van der Waals surface area contributed by atoms with Gasteiger partial charge < -0.3 is 15.5 Å². The molecule has 76 valence electrons. The second-order valence-electron chi connectivity index (χ2n) is 2.88. The lowest BCUT2D eigenvalue weighted by atomic mass is 10.2. The Morgan fingerprint density at radius 3 is 2.57 bits per heavy atom. The van der Waals surface area contributed by atoms with Crippen LogP contribution in [-0.4, -0.2) is 28.8 Å². The van der Waals surface area contributed by atoms with Gasteiger partial charge in [-0.05, 0) is 12.1 Å². The van der Waals surface area contributed by atoms with Crippen molar-refractivity contribution in [2.24, 2.45) is 0 Å². The number of carbonyl (C=O) groups is 1. The maximum atomic E-state index is 11.2. The summed E-state index contributed by atoms with van der Waals surface area (Å²) >= 11 is 0. The molecule has 1 aromatic rings. The Balaban J connectivity index is 2.49. The smallest absolute Gasteiger partial charge is 0.253 e. The van der Waals surface area contributed by atoms with Gasteiger partial charge in [0.1, 0.15) is 6.10 Å². The van der Waals surface area contributed by atoms with Gasteiger partial charge in [-0.1, -0.05) is 18.2 Å². The number of rotatable bonds is 4. The number of amides is 1. The van der Waals surface area contributed by atoms with Gasteiger partial charge in [0.25, 0.3) is 5.91 Å².